The predicted octanol–water partition coefficient (Wildman–Crippen LogP) is 3.99. The Morgan fingerprint density at radius 3 is 1.88 bits per heavy atom. The summed E-state index contributed by atoms with van der Waals surface area (Å²) < 4.78 is 5.34. The van der Waals surface area contributed by atoms with E-state index in [-0.39, 0.29) is 25.2 Å². The fourth-order valence-electron chi connectivity index (χ4n) is 3.97. The minimum Gasteiger partial charge on any atom is -0.465 e. The van der Waals surface area contributed by atoms with Crippen LogP contribution >= 0.6 is 0 Å². The molecule has 0 radical (unpaired) electrons. The summed E-state index contributed by atoms with van der Waals surface area (Å²) in [6.07, 6.45) is 0.333. The fourth-order valence-corrected chi connectivity index (χ4v) is 3.97. The number of carbonyl (C=O) groups excluding carboxylic acids is 2. The van der Waals surface area contributed by atoms with Gasteiger partial charge in [-0.3, -0.25) is 9.59 Å². The molecule has 0 N–H and O–H groups in total. The number of ether oxygens (including phenoxy) is 1. The van der Waals surface area contributed by atoms with Gasteiger partial charge >= 0.3 is 5.97 Å². The highest BCUT2D eigenvalue weighted by Gasteiger charge is 2.58. The smallest absolute Gasteiger partial charge is 0.327 e. The number of rotatable bonds is 4. The molecule has 2 aromatic carbocycles. The summed E-state index contributed by atoms with van der Waals surface area (Å²) in [6.45, 7) is 1.92. The molecule has 0 amide bonds. The first-order valence-corrected chi connectivity index (χ1v) is 8.83. The van der Waals surface area contributed by atoms with Crippen LogP contribution in [0.25, 0.3) is 0 Å². The third-order valence-corrected chi connectivity index (χ3v) is 5.16. The summed E-state index contributed by atoms with van der Waals surface area (Å²) in [5.41, 5.74) is 0.208. The van der Waals surface area contributed by atoms with E-state index in [9.17, 15) is 14.9 Å². The maximum atomic E-state index is 13.1. The zero-order valence-corrected chi connectivity index (χ0v) is 14.7. The van der Waals surface area contributed by atoms with E-state index in [1.807, 2.05) is 60.7 Å². The van der Waals surface area contributed by atoms with E-state index in [0.717, 1.165) is 11.1 Å². The average molecular weight is 347 g/mol. The molecule has 1 saturated carbocycles. The molecule has 1 aliphatic rings. The molecule has 2 atom stereocenters. The standard InChI is InChI=1S/C22H21NO3/c1-2-26-21(25)22(15-23)19(16-9-5-3-6-10-16)13-18(24)14-20(22)17-11-7-4-8-12-17/h3-12,19-20H,2,13-14H2,1H3. The minimum atomic E-state index is -1.42. The number of ketones is 1. The summed E-state index contributed by atoms with van der Waals surface area (Å²) in [6, 6.07) is 21.0. The molecule has 4 heteroatoms. The normalized spacial score (nSPS) is 25.3. The van der Waals surface area contributed by atoms with Crippen LogP contribution < -0.4 is 0 Å². The van der Waals surface area contributed by atoms with E-state index in [1.54, 1.807) is 6.92 Å². The van der Waals surface area contributed by atoms with Crippen molar-refractivity contribution in [3.8, 4) is 6.07 Å². The highest BCUT2D eigenvalue weighted by molar-refractivity contribution is 5.90. The lowest BCUT2D eigenvalue weighted by atomic mass is 9.56. The topological polar surface area (TPSA) is 67.2 Å². The summed E-state index contributed by atoms with van der Waals surface area (Å²) in [7, 11) is 0. The van der Waals surface area contributed by atoms with Gasteiger partial charge in [0.05, 0.1) is 12.7 Å². The van der Waals surface area contributed by atoms with Crippen molar-refractivity contribution in [1.82, 2.24) is 0 Å². The van der Waals surface area contributed by atoms with E-state index in [1.165, 1.54) is 0 Å². The van der Waals surface area contributed by atoms with E-state index >= 15 is 0 Å². The molecule has 0 bridgehead atoms. The number of hydrogen-bond donors (Lipinski definition) is 0. The quantitative estimate of drug-likeness (QED) is 0.784. The molecule has 0 aromatic heterocycles. The molecule has 0 aliphatic heterocycles. The molecular weight excluding hydrogens is 326 g/mol. The van der Waals surface area contributed by atoms with Crippen LogP contribution in [0.3, 0.4) is 0 Å². The van der Waals surface area contributed by atoms with Gasteiger partial charge in [0.25, 0.3) is 0 Å². The lowest BCUT2D eigenvalue weighted by Crippen LogP contribution is -2.47. The number of esters is 1. The third kappa shape index (κ3) is 3.01. The Kier molecular flexibility index (Phi) is 5.18. The summed E-state index contributed by atoms with van der Waals surface area (Å²) in [5.74, 6) is -1.54. The fraction of sp³-hybridized carbons (Fsp3) is 0.318. The molecule has 3 rings (SSSR count). The summed E-state index contributed by atoms with van der Waals surface area (Å²) in [4.78, 5) is 25.6. The van der Waals surface area contributed by atoms with Crippen LogP contribution in [0.4, 0.5) is 0 Å². The Bertz CT molecular complexity index is 772. The molecular formula is C22H21NO3. The van der Waals surface area contributed by atoms with Crippen LogP contribution in [-0.4, -0.2) is 18.4 Å². The maximum absolute atomic E-state index is 13.1. The van der Waals surface area contributed by atoms with E-state index in [0.29, 0.717) is 0 Å². The van der Waals surface area contributed by atoms with Crippen LogP contribution in [0, 0.1) is 16.7 Å². The van der Waals surface area contributed by atoms with E-state index < -0.39 is 23.2 Å². The number of Topliss-reactive ketones (excluding diaryl/α,β-unsaturated/α-hetero) is 1. The first-order chi connectivity index (χ1) is 12.6. The Hall–Kier alpha value is -2.93. The zero-order chi connectivity index (χ0) is 18.6. The van der Waals surface area contributed by atoms with Crippen molar-refractivity contribution in [2.75, 3.05) is 6.61 Å². The Balaban J connectivity index is 2.20. The predicted molar refractivity (Wildman–Crippen MR) is 97.3 cm³/mol. The first kappa shape index (κ1) is 17.9. The van der Waals surface area contributed by atoms with Gasteiger partial charge in [-0.25, -0.2) is 0 Å². The minimum absolute atomic E-state index is 0.0582. The van der Waals surface area contributed by atoms with Gasteiger partial charge in [0.1, 0.15) is 5.78 Å². The zero-order valence-electron chi connectivity index (χ0n) is 14.7. The van der Waals surface area contributed by atoms with Gasteiger partial charge in [-0.1, -0.05) is 60.7 Å². The van der Waals surface area contributed by atoms with Crippen molar-refractivity contribution in [3.05, 3.63) is 71.8 Å². The molecule has 132 valence electrons. The highest BCUT2D eigenvalue weighted by atomic mass is 16.5. The van der Waals surface area contributed by atoms with Gasteiger partial charge in [0.2, 0.25) is 0 Å². The van der Waals surface area contributed by atoms with Crippen LogP contribution in [-0.2, 0) is 14.3 Å². The van der Waals surface area contributed by atoms with Crippen molar-refractivity contribution in [2.24, 2.45) is 5.41 Å². The molecule has 4 nitrogen and oxygen atoms in total. The monoisotopic (exact) mass is 347 g/mol. The second kappa shape index (κ2) is 7.53. The summed E-state index contributed by atoms with van der Waals surface area (Å²) in [5, 5.41) is 10.2. The number of nitrogens with zero attached hydrogens (tertiary/aromatic N) is 1. The van der Waals surface area contributed by atoms with Gasteiger partial charge in [0, 0.05) is 24.7 Å². The number of nitriles is 1. The van der Waals surface area contributed by atoms with Gasteiger partial charge in [-0.15, -0.1) is 0 Å². The number of carbonyl (C=O) groups is 2. The molecule has 2 unspecified atom stereocenters. The van der Waals surface area contributed by atoms with Gasteiger partial charge in [0.15, 0.2) is 5.41 Å². The SMILES string of the molecule is CCOC(=O)C1(C#N)C(c2ccccc2)CC(=O)CC1c1ccccc1. The van der Waals surface area contributed by atoms with Crippen molar-refractivity contribution in [1.29, 1.82) is 5.26 Å². The maximum Gasteiger partial charge on any atom is 0.327 e. The molecule has 0 saturated heterocycles. The van der Waals surface area contributed by atoms with Gasteiger partial charge < -0.3 is 4.74 Å². The molecule has 0 spiro atoms. The molecule has 0 heterocycles. The first-order valence-electron chi connectivity index (χ1n) is 8.83. The van der Waals surface area contributed by atoms with Crippen LogP contribution in [0.5, 0.6) is 0 Å². The molecule has 1 fully saturated rings. The average Bonchev–Trinajstić information content (AvgIpc) is 2.69. The van der Waals surface area contributed by atoms with Crippen molar-refractivity contribution >= 4 is 11.8 Å². The third-order valence-electron chi connectivity index (χ3n) is 5.16. The second-order valence-electron chi connectivity index (χ2n) is 6.57. The lowest BCUT2D eigenvalue weighted by Gasteiger charge is -2.42. The van der Waals surface area contributed by atoms with Crippen LogP contribution in [0.2, 0.25) is 0 Å². The second-order valence-corrected chi connectivity index (χ2v) is 6.57. The largest absolute Gasteiger partial charge is 0.465 e. The Labute approximate surface area is 153 Å². The van der Waals surface area contributed by atoms with Gasteiger partial charge in [-0.2, -0.15) is 5.26 Å². The molecule has 1 aliphatic carbocycles. The molecule has 26 heavy (non-hydrogen) atoms. The van der Waals surface area contributed by atoms with Gasteiger partial charge in [-0.05, 0) is 18.1 Å². The van der Waals surface area contributed by atoms with Crippen LogP contribution in [0.15, 0.2) is 60.7 Å². The highest BCUT2D eigenvalue weighted by Crippen LogP contribution is 2.54. The number of benzene rings is 2. The van der Waals surface area contributed by atoms with Crippen molar-refractivity contribution < 1.29 is 14.3 Å². The van der Waals surface area contributed by atoms with E-state index in [2.05, 4.69) is 6.07 Å². The lowest BCUT2D eigenvalue weighted by molar-refractivity contribution is -0.156. The Morgan fingerprint density at radius 1 is 1.04 bits per heavy atom. The summed E-state index contributed by atoms with van der Waals surface area (Å²) >= 11 is 0. The molecule has 2 aromatic rings. The van der Waals surface area contributed by atoms with Crippen molar-refractivity contribution in [3.63, 3.8) is 0 Å². The Morgan fingerprint density at radius 2 is 1.50 bits per heavy atom. The number of hydrogen-bond acceptors (Lipinski definition) is 4. The van der Waals surface area contributed by atoms with Crippen LogP contribution in [0.1, 0.15) is 42.7 Å². The van der Waals surface area contributed by atoms with Crippen molar-refractivity contribution in [2.45, 2.75) is 31.6 Å². The van der Waals surface area contributed by atoms with E-state index in [4.69, 9.17) is 4.74 Å².